The summed E-state index contributed by atoms with van der Waals surface area (Å²) in [6.45, 7) is 3.36. The van der Waals surface area contributed by atoms with Gasteiger partial charge in [-0.3, -0.25) is 0 Å². The number of hydrogen-bond donors (Lipinski definition) is 2. The molecule has 0 saturated heterocycles. The lowest BCUT2D eigenvalue weighted by molar-refractivity contribution is 0.510. The SMILES string of the molecule is CCNCc1nc2cc(F)c(F)cc2[nH]1. The summed E-state index contributed by atoms with van der Waals surface area (Å²) in [5.74, 6) is -1.05. The quantitative estimate of drug-likeness (QED) is 0.814. The monoisotopic (exact) mass is 211 g/mol. The van der Waals surface area contributed by atoms with E-state index in [1.165, 1.54) is 0 Å². The highest BCUT2D eigenvalue weighted by Crippen LogP contribution is 2.16. The molecular weight excluding hydrogens is 200 g/mol. The molecule has 2 rings (SSSR count). The average molecular weight is 211 g/mol. The number of aromatic nitrogens is 2. The van der Waals surface area contributed by atoms with E-state index in [2.05, 4.69) is 15.3 Å². The maximum absolute atomic E-state index is 12.9. The Morgan fingerprint density at radius 2 is 2.07 bits per heavy atom. The second-order valence-electron chi connectivity index (χ2n) is 3.25. The predicted octanol–water partition coefficient (Wildman–Crippen LogP) is 1.95. The van der Waals surface area contributed by atoms with Crippen molar-refractivity contribution in [3.63, 3.8) is 0 Å². The molecule has 0 spiro atoms. The Bertz CT molecular complexity index is 440. The lowest BCUT2D eigenvalue weighted by Gasteiger charge is -1.94. The largest absolute Gasteiger partial charge is 0.341 e. The molecule has 0 radical (unpaired) electrons. The van der Waals surface area contributed by atoms with Gasteiger partial charge in [0.25, 0.3) is 0 Å². The molecule has 0 aliphatic rings. The topological polar surface area (TPSA) is 40.7 Å². The zero-order valence-corrected chi connectivity index (χ0v) is 8.27. The molecule has 5 heteroatoms. The number of hydrogen-bond acceptors (Lipinski definition) is 2. The highest BCUT2D eigenvalue weighted by molar-refractivity contribution is 5.75. The third kappa shape index (κ3) is 1.97. The van der Waals surface area contributed by atoms with E-state index in [9.17, 15) is 8.78 Å². The van der Waals surface area contributed by atoms with Gasteiger partial charge >= 0.3 is 0 Å². The highest BCUT2D eigenvalue weighted by Gasteiger charge is 2.07. The molecule has 2 aromatic rings. The Morgan fingerprint density at radius 1 is 1.33 bits per heavy atom. The Labute approximate surface area is 85.5 Å². The first-order valence-corrected chi connectivity index (χ1v) is 4.75. The van der Waals surface area contributed by atoms with Crippen LogP contribution >= 0.6 is 0 Å². The number of fused-ring (bicyclic) bond motifs is 1. The molecule has 1 aromatic carbocycles. The minimum atomic E-state index is -0.871. The number of imidazole rings is 1. The van der Waals surface area contributed by atoms with Gasteiger partial charge in [0.2, 0.25) is 0 Å². The smallest absolute Gasteiger partial charge is 0.161 e. The van der Waals surface area contributed by atoms with Crippen LogP contribution in [0.15, 0.2) is 12.1 Å². The van der Waals surface area contributed by atoms with E-state index < -0.39 is 11.6 Å². The van der Waals surface area contributed by atoms with Gasteiger partial charge in [0.1, 0.15) is 5.82 Å². The lowest BCUT2D eigenvalue weighted by atomic mass is 10.3. The fourth-order valence-corrected chi connectivity index (χ4v) is 1.38. The van der Waals surface area contributed by atoms with Crippen LogP contribution in [0.4, 0.5) is 8.78 Å². The minimum Gasteiger partial charge on any atom is -0.341 e. The molecule has 80 valence electrons. The maximum Gasteiger partial charge on any atom is 0.161 e. The molecule has 0 saturated carbocycles. The predicted molar refractivity (Wildman–Crippen MR) is 53.4 cm³/mol. The highest BCUT2D eigenvalue weighted by atomic mass is 19.2. The molecular formula is C10H11F2N3. The van der Waals surface area contributed by atoms with Crippen LogP contribution in [0, 0.1) is 11.6 Å². The second-order valence-corrected chi connectivity index (χ2v) is 3.25. The number of aromatic amines is 1. The third-order valence-corrected chi connectivity index (χ3v) is 2.12. The van der Waals surface area contributed by atoms with E-state index >= 15 is 0 Å². The van der Waals surface area contributed by atoms with Crippen molar-refractivity contribution < 1.29 is 8.78 Å². The fourth-order valence-electron chi connectivity index (χ4n) is 1.38. The third-order valence-electron chi connectivity index (χ3n) is 2.12. The Morgan fingerprint density at radius 3 is 2.80 bits per heavy atom. The molecule has 1 heterocycles. The van der Waals surface area contributed by atoms with Gasteiger partial charge in [0.15, 0.2) is 11.6 Å². The first-order chi connectivity index (χ1) is 7.20. The summed E-state index contributed by atoms with van der Waals surface area (Å²) in [6.07, 6.45) is 0. The molecule has 2 N–H and O–H groups in total. The van der Waals surface area contributed by atoms with E-state index in [0.29, 0.717) is 23.4 Å². The van der Waals surface area contributed by atoms with Crippen molar-refractivity contribution in [2.75, 3.05) is 6.54 Å². The van der Waals surface area contributed by atoms with Crippen LogP contribution < -0.4 is 5.32 Å². The van der Waals surface area contributed by atoms with Gasteiger partial charge in [-0.1, -0.05) is 6.92 Å². The number of nitrogens with one attached hydrogen (secondary N) is 2. The molecule has 0 aliphatic heterocycles. The van der Waals surface area contributed by atoms with Crippen LogP contribution in [0.3, 0.4) is 0 Å². The second kappa shape index (κ2) is 3.94. The summed E-state index contributed by atoms with van der Waals surface area (Å²) in [5, 5.41) is 3.07. The van der Waals surface area contributed by atoms with Crippen LogP contribution in [0.25, 0.3) is 11.0 Å². The summed E-state index contributed by atoms with van der Waals surface area (Å²) < 4.78 is 25.7. The molecule has 0 amide bonds. The fraction of sp³-hybridized carbons (Fsp3) is 0.300. The van der Waals surface area contributed by atoms with E-state index in [1.807, 2.05) is 6.92 Å². The Hall–Kier alpha value is -1.49. The van der Waals surface area contributed by atoms with Crippen molar-refractivity contribution in [3.8, 4) is 0 Å². The summed E-state index contributed by atoms with van der Waals surface area (Å²) >= 11 is 0. The molecule has 3 nitrogen and oxygen atoms in total. The van der Waals surface area contributed by atoms with Gasteiger partial charge in [0.05, 0.1) is 17.6 Å². The number of H-pyrrole nitrogens is 1. The van der Waals surface area contributed by atoms with Crippen LogP contribution in [-0.4, -0.2) is 16.5 Å². The summed E-state index contributed by atoms with van der Waals surface area (Å²) in [7, 11) is 0. The zero-order valence-electron chi connectivity index (χ0n) is 8.27. The summed E-state index contributed by atoms with van der Waals surface area (Å²) in [4.78, 5) is 7.05. The molecule has 0 bridgehead atoms. The van der Waals surface area contributed by atoms with E-state index in [4.69, 9.17) is 0 Å². The van der Waals surface area contributed by atoms with Crippen LogP contribution in [-0.2, 0) is 6.54 Å². The first kappa shape index (κ1) is 10.0. The van der Waals surface area contributed by atoms with Crippen molar-refractivity contribution in [1.82, 2.24) is 15.3 Å². The van der Waals surface area contributed by atoms with Crippen molar-refractivity contribution in [1.29, 1.82) is 0 Å². The van der Waals surface area contributed by atoms with Gasteiger partial charge in [-0.15, -0.1) is 0 Å². The van der Waals surface area contributed by atoms with Crippen LogP contribution in [0.1, 0.15) is 12.7 Å². The standard InChI is InChI=1S/C10H11F2N3/c1-2-13-5-10-14-8-3-6(11)7(12)4-9(8)15-10/h3-4,13H,2,5H2,1H3,(H,14,15). The number of benzene rings is 1. The molecule has 0 unspecified atom stereocenters. The number of halogens is 2. The molecule has 0 aliphatic carbocycles. The van der Waals surface area contributed by atoms with Gasteiger partial charge in [-0.05, 0) is 6.54 Å². The van der Waals surface area contributed by atoms with Gasteiger partial charge < -0.3 is 10.3 Å². The minimum absolute atomic E-state index is 0.446. The van der Waals surface area contributed by atoms with Crippen molar-refractivity contribution >= 4 is 11.0 Å². The lowest BCUT2D eigenvalue weighted by Crippen LogP contribution is -2.12. The van der Waals surface area contributed by atoms with Gasteiger partial charge in [-0.2, -0.15) is 0 Å². The number of nitrogens with zero attached hydrogens (tertiary/aromatic N) is 1. The van der Waals surface area contributed by atoms with Crippen molar-refractivity contribution in [3.05, 3.63) is 29.6 Å². The summed E-state index contributed by atoms with van der Waals surface area (Å²) in [6, 6.07) is 2.21. The zero-order chi connectivity index (χ0) is 10.8. The molecule has 15 heavy (non-hydrogen) atoms. The molecule has 0 fully saturated rings. The van der Waals surface area contributed by atoms with E-state index in [1.54, 1.807) is 0 Å². The van der Waals surface area contributed by atoms with Crippen LogP contribution in [0.5, 0.6) is 0 Å². The van der Waals surface area contributed by atoms with Crippen molar-refractivity contribution in [2.45, 2.75) is 13.5 Å². The Kier molecular flexibility index (Phi) is 2.64. The molecule has 0 atom stereocenters. The van der Waals surface area contributed by atoms with Gasteiger partial charge in [-0.25, -0.2) is 13.8 Å². The number of rotatable bonds is 3. The van der Waals surface area contributed by atoms with Crippen molar-refractivity contribution in [2.24, 2.45) is 0 Å². The Balaban J connectivity index is 2.38. The normalized spacial score (nSPS) is 11.1. The maximum atomic E-state index is 12.9. The van der Waals surface area contributed by atoms with E-state index in [0.717, 1.165) is 18.7 Å². The summed E-state index contributed by atoms with van der Waals surface area (Å²) in [5.41, 5.74) is 0.962. The molecule has 1 aromatic heterocycles. The van der Waals surface area contributed by atoms with Gasteiger partial charge in [0, 0.05) is 12.1 Å². The first-order valence-electron chi connectivity index (χ1n) is 4.75. The van der Waals surface area contributed by atoms with Crippen LogP contribution in [0.2, 0.25) is 0 Å². The van der Waals surface area contributed by atoms with E-state index in [-0.39, 0.29) is 0 Å². The average Bonchev–Trinajstić information content (AvgIpc) is 2.58.